The first-order valence-electron chi connectivity index (χ1n) is 8.57. The average molecular weight is 354 g/mol. The number of rotatable bonds is 3. The second-order valence-corrected chi connectivity index (χ2v) is 6.97. The maximum absolute atomic E-state index is 13.1. The minimum absolute atomic E-state index is 0.0686. The number of carbonyl (C=O) groups excluding carboxylic acids is 1. The second kappa shape index (κ2) is 6.17. The van der Waals surface area contributed by atoms with Crippen molar-refractivity contribution in [3.8, 4) is 0 Å². The minimum atomic E-state index is -0.0692. The molecule has 0 N–H and O–H groups in total. The average Bonchev–Trinajstić information content (AvgIpc) is 3.33. The van der Waals surface area contributed by atoms with Gasteiger partial charge in [-0.05, 0) is 33.2 Å². The molecule has 9 nitrogen and oxygen atoms in total. The van der Waals surface area contributed by atoms with Gasteiger partial charge in [0.1, 0.15) is 5.69 Å². The molecule has 3 aromatic rings. The topological polar surface area (TPSA) is 85.0 Å². The molecule has 2 atom stereocenters. The number of aryl methyl sites for hydroxylation is 2. The van der Waals surface area contributed by atoms with Gasteiger partial charge in [0, 0.05) is 31.7 Å². The standard InChI is InChI=1S/C17H22N8O/c1-11-12-5-6-13(19-16(12)23(4)20-11)17(26)24-9-14(22(2)3)15(10-24)25-8-7-18-21-25/h5-8,14-15H,9-10H2,1-4H3/t14-,15+/m1/s1. The van der Waals surface area contributed by atoms with Crippen LogP contribution < -0.4 is 0 Å². The number of pyridine rings is 1. The lowest BCUT2D eigenvalue weighted by atomic mass is 10.1. The highest BCUT2D eigenvalue weighted by Crippen LogP contribution is 2.26. The van der Waals surface area contributed by atoms with Crippen LogP contribution in [0.4, 0.5) is 0 Å². The molecule has 26 heavy (non-hydrogen) atoms. The van der Waals surface area contributed by atoms with Crippen molar-refractivity contribution in [2.45, 2.75) is 19.0 Å². The van der Waals surface area contributed by atoms with Crippen LogP contribution in [0.2, 0.25) is 0 Å². The fraction of sp³-hybridized carbons (Fsp3) is 0.471. The van der Waals surface area contributed by atoms with Gasteiger partial charge in [0.2, 0.25) is 0 Å². The number of carbonyl (C=O) groups is 1. The van der Waals surface area contributed by atoms with Crippen LogP contribution in [-0.4, -0.2) is 78.7 Å². The van der Waals surface area contributed by atoms with E-state index in [-0.39, 0.29) is 18.0 Å². The summed E-state index contributed by atoms with van der Waals surface area (Å²) < 4.78 is 3.55. The molecule has 0 bridgehead atoms. The molecule has 0 spiro atoms. The van der Waals surface area contributed by atoms with E-state index in [1.807, 2.05) is 49.9 Å². The fourth-order valence-corrected chi connectivity index (χ4v) is 3.68. The van der Waals surface area contributed by atoms with Crippen molar-refractivity contribution in [3.63, 3.8) is 0 Å². The Morgan fingerprint density at radius 3 is 2.77 bits per heavy atom. The summed E-state index contributed by atoms with van der Waals surface area (Å²) in [6, 6.07) is 3.95. The lowest BCUT2D eigenvalue weighted by Crippen LogP contribution is -2.37. The highest BCUT2D eigenvalue weighted by Gasteiger charge is 2.38. The van der Waals surface area contributed by atoms with Crippen LogP contribution in [0.1, 0.15) is 22.2 Å². The quantitative estimate of drug-likeness (QED) is 0.681. The van der Waals surface area contributed by atoms with Crippen molar-refractivity contribution in [2.75, 3.05) is 27.2 Å². The predicted molar refractivity (Wildman–Crippen MR) is 95.7 cm³/mol. The molecule has 0 aliphatic carbocycles. The third-order valence-corrected chi connectivity index (χ3v) is 5.08. The van der Waals surface area contributed by atoms with Crippen LogP contribution >= 0.6 is 0 Å². The first kappa shape index (κ1) is 16.6. The molecule has 1 saturated heterocycles. The Balaban J connectivity index is 1.63. The third kappa shape index (κ3) is 2.64. The first-order valence-corrected chi connectivity index (χ1v) is 8.57. The minimum Gasteiger partial charge on any atom is -0.333 e. The zero-order valence-corrected chi connectivity index (χ0v) is 15.4. The summed E-state index contributed by atoms with van der Waals surface area (Å²) in [6.07, 6.45) is 3.51. The largest absolute Gasteiger partial charge is 0.333 e. The molecule has 0 unspecified atom stereocenters. The van der Waals surface area contributed by atoms with E-state index in [1.165, 1.54) is 0 Å². The van der Waals surface area contributed by atoms with Crippen LogP contribution in [0.5, 0.6) is 0 Å². The molecule has 1 amide bonds. The van der Waals surface area contributed by atoms with Gasteiger partial charge >= 0.3 is 0 Å². The summed E-state index contributed by atoms with van der Waals surface area (Å²) in [5.41, 5.74) is 2.08. The molecule has 3 aromatic heterocycles. The van der Waals surface area contributed by atoms with Crippen LogP contribution in [0, 0.1) is 6.92 Å². The van der Waals surface area contributed by atoms with Crippen LogP contribution in [0.3, 0.4) is 0 Å². The molecular formula is C17H22N8O. The maximum Gasteiger partial charge on any atom is 0.272 e. The number of hydrogen-bond acceptors (Lipinski definition) is 6. The molecule has 0 saturated carbocycles. The van der Waals surface area contributed by atoms with Gasteiger partial charge in [0.15, 0.2) is 5.65 Å². The van der Waals surface area contributed by atoms with Crippen molar-refractivity contribution in [1.82, 2.24) is 39.6 Å². The van der Waals surface area contributed by atoms with Gasteiger partial charge in [-0.3, -0.25) is 9.48 Å². The van der Waals surface area contributed by atoms with Crippen molar-refractivity contribution < 1.29 is 4.79 Å². The van der Waals surface area contributed by atoms with Crippen molar-refractivity contribution >= 4 is 16.9 Å². The van der Waals surface area contributed by atoms with E-state index in [2.05, 4.69) is 25.3 Å². The van der Waals surface area contributed by atoms with Gasteiger partial charge in [-0.25, -0.2) is 9.67 Å². The van der Waals surface area contributed by atoms with E-state index in [4.69, 9.17) is 0 Å². The zero-order chi connectivity index (χ0) is 18.4. The summed E-state index contributed by atoms with van der Waals surface area (Å²) in [6.45, 7) is 3.14. The molecule has 0 radical (unpaired) electrons. The van der Waals surface area contributed by atoms with E-state index in [1.54, 1.807) is 16.9 Å². The Bertz CT molecular complexity index is 945. The van der Waals surface area contributed by atoms with E-state index in [0.29, 0.717) is 18.8 Å². The number of amides is 1. The Kier molecular flexibility index (Phi) is 3.95. The van der Waals surface area contributed by atoms with Gasteiger partial charge < -0.3 is 9.80 Å². The van der Waals surface area contributed by atoms with Crippen LogP contribution in [-0.2, 0) is 7.05 Å². The molecule has 136 valence electrons. The Morgan fingerprint density at radius 2 is 2.08 bits per heavy atom. The highest BCUT2D eigenvalue weighted by molar-refractivity contribution is 5.95. The molecular weight excluding hydrogens is 332 g/mol. The van der Waals surface area contributed by atoms with Gasteiger partial charge in [-0.1, -0.05) is 5.21 Å². The first-order chi connectivity index (χ1) is 12.5. The van der Waals surface area contributed by atoms with Crippen molar-refractivity contribution in [2.24, 2.45) is 7.05 Å². The Morgan fingerprint density at radius 1 is 1.27 bits per heavy atom. The molecule has 9 heteroatoms. The summed E-state index contributed by atoms with van der Waals surface area (Å²) in [7, 11) is 5.88. The van der Waals surface area contributed by atoms with E-state index >= 15 is 0 Å². The number of nitrogens with zero attached hydrogens (tertiary/aromatic N) is 8. The molecule has 0 aromatic carbocycles. The highest BCUT2D eigenvalue weighted by atomic mass is 16.2. The zero-order valence-electron chi connectivity index (χ0n) is 15.4. The fourth-order valence-electron chi connectivity index (χ4n) is 3.68. The van der Waals surface area contributed by atoms with Crippen molar-refractivity contribution in [1.29, 1.82) is 0 Å². The van der Waals surface area contributed by atoms with Gasteiger partial charge in [-0.2, -0.15) is 5.10 Å². The molecule has 4 rings (SSSR count). The SMILES string of the molecule is Cc1nn(C)c2nc(C(=O)N3C[C@@H](N(C)C)[C@@H](n4ccnn4)C3)ccc12. The van der Waals surface area contributed by atoms with Gasteiger partial charge in [0.05, 0.1) is 24.0 Å². The summed E-state index contributed by atoms with van der Waals surface area (Å²) >= 11 is 0. The third-order valence-electron chi connectivity index (χ3n) is 5.08. The lowest BCUT2D eigenvalue weighted by Gasteiger charge is -2.24. The van der Waals surface area contributed by atoms with E-state index in [9.17, 15) is 4.79 Å². The molecule has 1 aliphatic heterocycles. The smallest absolute Gasteiger partial charge is 0.272 e. The number of likely N-dealkylation sites (tertiary alicyclic amines) is 1. The normalized spacial score (nSPS) is 20.4. The van der Waals surface area contributed by atoms with E-state index in [0.717, 1.165) is 16.7 Å². The number of aromatic nitrogens is 6. The van der Waals surface area contributed by atoms with Crippen molar-refractivity contribution in [3.05, 3.63) is 35.9 Å². The Labute approximate surface area is 151 Å². The predicted octanol–water partition coefficient (Wildman–Crippen LogP) is 0.496. The van der Waals surface area contributed by atoms with E-state index < -0.39 is 0 Å². The molecule has 1 aliphatic rings. The van der Waals surface area contributed by atoms with Crippen LogP contribution in [0.15, 0.2) is 24.5 Å². The maximum atomic E-state index is 13.1. The van der Waals surface area contributed by atoms with Crippen LogP contribution in [0.25, 0.3) is 11.0 Å². The lowest BCUT2D eigenvalue weighted by molar-refractivity contribution is 0.0775. The Hall–Kier alpha value is -2.81. The van der Waals surface area contributed by atoms with Gasteiger partial charge in [0.25, 0.3) is 5.91 Å². The van der Waals surface area contributed by atoms with Gasteiger partial charge in [-0.15, -0.1) is 5.10 Å². The monoisotopic (exact) mass is 354 g/mol. The summed E-state index contributed by atoms with van der Waals surface area (Å²) in [5, 5.41) is 13.4. The second-order valence-electron chi connectivity index (χ2n) is 6.97. The molecule has 4 heterocycles. The number of hydrogen-bond donors (Lipinski definition) is 0. The molecule has 1 fully saturated rings. The summed E-state index contributed by atoms with van der Waals surface area (Å²) in [5.74, 6) is -0.0692. The number of likely N-dealkylation sites (N-methyl/N-ethyl adjacent to an activating group) is 1. The summed E-state index contributed by atoms with van der Waals surface area (Å²) in [4.78, 5) is 21.6. The number of fused-ring (bicyclic) bond motifs is 1.